The van der Waals surface area contributed by atoms with Gasteiger partial charge in [0.05, 0.1) is 12.7 Å². The van der Waals surface area contributed by atoms with E-state index in [9.17, 15) is 4.39 Å². The molecule has 90 valence electrons. The van der Waals surface area contributed by atoms with Crippen molar-refractivity contribution < 1.29 is 9.50 Å². The van der Waals surface area contributed by atoms with Gasteiger partial charge in [0.25, 0.3) is 0 Å². The lowest BCUT2D eigenvalue weighted by Gasteiger charge is -2.05. The van der Waals surface area contributed by atoms with Gasteiger partial charge in [0.15, 0.2) is 0 Å². The first-order valence-electron chi connectivity index (χ1n) is 5.36. The minimum atomic E-state index is -0.274. The maximum absolute atomic E-state index is 13.0. The van der Waals surface area contributed by atoms with E-state index in [0.29, 0.717) is 18.8 Å². The lowest BCUT2D eigenvalue weighted by atomic mass is 10.2. The van der Waals surface area contributed by atoms with Gasteiger partial charge in [-0.2, -0.15) is 5.10 Å². The van der Waals surface area contributed by atoms with Gasteiger partial charge in [0.1, 0.15) is 11.6 Å². The van der Waals surface area contributed by atoms with Crippen molar-refractivity contribution in [1.29, 1.82) is 0 Å². The van der Waals surface area contributed by atoms with Crippen LogP contribution in [0.3, 0.4) is 0 Å². The van der Waals surface area contributed by atoms with Gasteiger partial charge in [-0.3, -0.25) is 0 Å². The number of nitrogen functional groups attached to an aromatic ring is 1. The molecule has 2 aromatic rings. The number of hydrogen-bond donors (Lipinski definition) is 2. The Balaban J connectivity index is 2.19. The van der Waals surface area contributed by atoms with E-state index in [1.165, 1.54) is 12.1 Å². The van der Waals surface area contributed by atoms with Crippen LogP contribution in [0.4, 0.5) is 10.2 Å². The number of anilines is 1. The molecule has 0 aliphatic carbocycles. The number of halogens is 1. The fourth-order valence-corrected chi connectivity index (χ4v) is 1.68. The number of aromatic nitrogens is 2. The molecule has 1 heterocycles. The highest BCUT2D eigenvalue weighted by Crippen LogP contribution is 2.14. The van der Waals surface area contributed by atoms with Crippen LogP contribution in [0.5, 0.6) is 0 Å². The second kappa shape index (κ2) is 4.97. The molecule has 0 unspecified atom stereocenters. The highest BCUT2D eigenvalue weighted by atomic mass is 19.1. The normalized spacial score (nSPS) is 10.7. The Kier molecular flexibility index (Phi) is 3.39. The standard InChI is InChI=1S/C12H14FN3O/c13-11-3-1-2-9(6-11)8-16-12(14)10(4-5-17)7-15-16/h1-3,6-7,17H,4-5,8,14H2. The van der Waals surface area contributed by atoms with Gasteiger partial charge >= 0.3 is 0 Å². The maximum atomic E-state index is 13.0. The molecule has 3 N–H and O–H groups in total. The molecule has 2 rings (SSSR count). The zero-order valence-corrected chi connectivity index (χ0v) is 9.31. The molecule has 1 aromatic carbocycles. The summed E-state index contributed by atoms with van der Waals surface area (Å²) in [4.78, 5) is 0. The van der Waals surface area contributed by atoms with Crippen LogP contribution in [0.15, 0.2) is 30.5 Å². The van der Waals surface area contributed by atoms with Crippen molar-refractivity contribution in [2.24, 2.45) is 0 Å². The molecule has 17 heavy (non-hydrogen) atoms. The van der Waals surface area contributed by atoms with E-state index in [0.717, 1.165) is 11.1 Å². The second-order valence-electron chi connectivity index (χ2n) is 3.82. The van der Waals surface area contributed by atoms with Crippen LogP contribution in [0.2, 0.25) is 0 Å². The van der Waals surface area contributed by atoms with Crippen LogP contribution < -0.4 is 5.73 Å². The zero-order chi connectivity index (χ0) is 12.3. The number of benzene rings is 1. The van der Waals surface area contributed by atoms with Crippen LogP contribution in [0.25, 0.3) is 0 Å². The lowest BCUT2D eigenvalue weighted by Crippen LogP contribution is -2.07. The third-order valence-corrected chi connectivity index (χ3v) is 2.56. The second-order valence-corrected chi connectivity index (χ2v) is 3.82. The molecule has 0 aliphatic rings. The Morgan fingerprint density at radius 2 is 2.24 bits per heavy atom. The van der Waals surface area contributed by atoms with Gasteiger partial charge in [-0.15, -0.1) is 0 Å². The van der Waals surface area contributed by atoms with E-state index in [-0.39, 0.29) is 12.4 Å². The number of nitrogens with zero attached hydrogens (tertiary/aromatic N) is 2. The van der Waals surface area contributed by atoms with Gasteiger partial charge in [-0.25, -0.2) is 9.07 Å². The van der Waals surface area contributed by atoms with Crippen molar-refractivity contribution in [3.63, 3.8) is 0 Å². The summed E-state index contributed by atoms with van der Waals surface area (Å²) in [5.41, 5.74) is 7.48. The van der Waals surface area contributed by atoms with Crippen molar-refractivity contribution >= 4 is 5.82 Å². The van der Waals surface area contributed by atoms with Gasteiger partial charge in [0, 0.05) is 18.6 Å². The minimum absolute atomic E-state index is 0.0376. The predicted molar refractivity (Wildman–Crippen MR) is 62.9 cm³/mol. The minimum Gasteiger partial charge on any atom is -0.396 e. The number of aliphatic hydroxyl groups is 1. The Morgan fingerprint density at radius 1 is 1.41 bits per heavy atom. The van der Waals surface area contributed by atoms with E-state index in [1.54, 1.807) is 16.9 Å². The molecule has 0 saturated carbocycles. The first-order chi connectivity index (χ1) is 8.20. The summed E-state index contributed by atoms with van der Waals surface area (Å²) in [7, 11) is 0. The molecule has 0 fully saturated rings. The molecule has 0 radical (unpaired) electrons. The molecule has 0 spiro atoms. The lowest BCUT2D eigenvalue weighted by molar-refractivity contribution is 0.300. The first kappa shape index (κ1) is 11.6. The average molecular weight is 235 g/mol. The Bertz CT molecular complexity index is 510. The molecule has 4 nitrogen and oxygen atoms in total. The Hall–Kier alpha value is -1.88. The molecule has 0 amide bonds. The van der Waals surface area contributed by atoms with Crippen LogP contribution >= 0.6 is 0 Å². The van der Waals surface area contributed by atoms with E-state index in [1.807, 2.05) is 6.07 Å². The van der Waals surface area contributed by atoms with Crippen molar-refractivity contribution in [3.8, 4) is 0 Å². The van der Waals surface area contributed by atoms with Gasteiger partial charge in [-0.05, 0) is 17.7 Å². The zero-order valence-electron chi connectivity index (χ0n) is 9.31. The highest BCUT2D eigenvalue weighted by Gasteiger charge is 2.07. The monoisotopic (exact) mass is 235 g/mol. The number of aliphatic hydroxyl groups excluding tert-OH is 1. The quantitative estimate of drug-likeness (QED) is 0.836. The van der Waals surface area contributed by atoms with Crippen molar-refractivity contribution in [2.75, 3.05) is 12.3 Å². The maximum Gasteiger partial charge on any atom is 0.125 e. The third-order valence-electron chi connectivity index (χ3n) is 2.56. The van der Waals surface area contributed by atoms with E-state index in [4.69, 9.17) is 10.8 Å². The molecule has 0 bridgehead atoms. The topological polar surface area (TPSA) is 64.1 Å². The molecular weight excluding hydrogens is 221 g/mol. The highest BCUT2D eigenvalue weighted by molar-refractivity contribution is 5.39. The van der Waals surface area contributed by atoms with Gasteiger partial charge in [-0.1, -0.05) is 12.1 Å². The summed E-state index contributed by atoms with van der Waals surface area (Å²) in [5.74, 6) is 0.243. The molecule has 5 heteroatoms. The largest absolute Gasteiger partial charge is 0.396 e. The number of hydrogen-bond acceptors (Lipinski definition) is 3. The SMILES string of the molecule is Nc1c(CCO)cnn1Cc1cccc(F)c1. The third kappa shape index (κ3) is 2.62. The fraction of sp³-hybridized carbons (Fsp3) is 0.250. The van der Waals surface area contributed by atoms with Crippen LogP contribution in [-0.4, -0.2) is 21.5 Å². The van der Waals surface area contributed by atoms with E-state index >= 15 is 0 Å². The summed E-state index contributed by atoms with van der Waals surface area (Å²) < 4.78 is 14.6. The summed E-state index contributed by atoms with van der Waals surface area (Å²) in [6.45, 7) is 0.463. The summed E-state index contributed by atoms with van der Waals surface area (Å²) in [6.07, 6.45) is 2.11. The van der Waals surface area contributed by atoms with E-state index < -0.39 is 0 Å². The molecule has 0 aliphatic heterocycles. The van der Waals surface area contributed by atoms with Crippen molar-refractivity contribution in [1.82, 2.24) is 9.78 Å². The van der Waals surface area contributed by atoms with Crippen LogP contribution in [-0.2, 0) is 13.0 Å². The van der Waals surface area contributed by atoms with Gasteiger partial charge < -0.3 is 10.8 Å². The summed E-state index contributed by atoms with van der Waals surface area (Å²) in [5, 5.41) is 13.0. The smallest absolute Gasteiger partial charge is 0.125 e. The first-order valence-corrected chi connectivity index (χ1v) is 5.36. The summed E-state index contributed by atoms with van der Waals surface area (Å²) in [6, 6.07) is 6.31. The molecular formula is C12H14FN3O. The summed E-state index contributed by atoms with van der Waals surface area (Å²) >= 11 is 0. The molecule has 1 aromatic heterocycles. The Morgan fingerprint density at radius 3 is 2.94 bits per heavy atom. The van der Waals surface area contributed by atoms with Gasteiger partial charge in [0.2, 0.25) is 0 Å². The Labute approximate surface area is 98.5 Å². The average Bonchev–Trinajstić information content (AvgIpc) is 2.62. The van der Waals surface area contributed by atoms with Crippen molar-refractivity contribution in [3.05, 3.63) is 47.4 Å². The predicted octanol–water partition coefficient (Wildman–Crippen LogP) is 1.19. The fourth-order valence-electron chi connectivity index (χ4n) is 1.68. The van der Waals surface area contributed by atoms with Crippen molar-refractivity contribution in [2.45, 2.75) is 13.0 Å². The molecule has 0 atom stereocenters. The van der Waals surface area contributed by atoms with Crippen LogP contribution in [0, 0.1) is 5.82 Å². The number of rotatable bonds is 4. The van der Waals surface area contributed by atoms with E-state index in [2.05, 4.69) is 5.10 Å². The molecule has 0 saturated heterocycles. The van der Waals surface area contributed by atoms with Crippen LogP contribution in [0.1, 0.15) is 11.1 Å². The number of nitrogens with two attached hydrogens (primary N) is 1.